The van der Waals surface area contributed by atoms with Crippen molar-refractivity contribution in [3.05, 3.63) is 42.0 Å². The van der Waals surface area contributed by atoms with Gasteiger partial charge in [0.2, 0.25) is 0 Å². The number of anilines is 2. The third-order valence-corrected chi connectivity index (χ3v) is 2.45. The van der Waals surface area contributed by atoms with Crippen LogP contribution in [0, 0.1) is 5.82 Å². The van der Waals surface area contributed by atoms with Gasteiger partial charge >= 0.3 is 0 Å². The Hall–Kier alpha value is -2.37. The Morgan fingerprint density at radius 1 is 1.56 bits per heavy atom. The van der Waals surface area contributed by atoms with E-state index in [2.05, 4.69) is 10.4 Å². The molecule has 0 aliphatic carbocycles. The molecule has 94 valence electrons. The van der Waals surface area contributed by atoms with Crippen molar-refractivity contribution in [1.29, 1.82) is 0 Å². The summed E-state index contributed by atoms with van der Waals surface area (Å²) in [6, 6.07) is 3.87. The molecule has 1 heterocycles. The van der Waals surface area contributed by atoms with E-state index in [1.807, 2.05) is 6.92 Å². The van der Waals surface area contributed by atoms with E-state index in [1.54, 1.807) is 10.9 Å². The zero-order valence-corrected chi connectivity index (χ0v) is 9.85. The minimum Gasteiger partial charge on any atom is -0.399 e. The molecule has 0 saturated carbocycles. The van der Waals surface area contributed by atoms with E-state index in [1.165, 1.54) is 24.4 Å². The van der Waals surface area contributed by atoms with Crippen molar-refractivity contribution in [1.82, 2.24) is 9.78 Å². The molecule has 2 rings (SSSR count). The van der Waals surface area contributed by atoms with Crippen LogP contribution in [0.15, 0.2) is 30.6 Å². The standard InChI is InChI=1S/C12H13FN4O/c1-2-17-7-9(6-15-17)16-12(18)10-5-8(14)3-4-11(10)13/h3-7H,2,14H2,1H3,(H,16,18). The smallest absolute Gasteiger partial charge is 0.258 e. The number of halogens is 1. The van der Waals surface area contributed by atoms with Crippen LogP contribution >= 0.6 is 0 Å². The molecule has 0 aliphatic heterocycles. The molecule has 0 fully saturated rings. The second kappa shape index (κ2) is 4.87. The number of benzene rings is 1. The van der Waals surface area contributed by atoms with Crippen LogP contribution in [-0.2, 0) is 6.54 Å². The van der Waals surface area contributed by atoms with E-state index in [0.29, 0.717) is 17.9 Å². The summed E-state index contributed by atoms with van der Waals surface area (Å²) in [6.07, 6.45) is 3.17. The van der Waals surface area contributed by atoms with Gasteiger partial charge in [-0.2, -0.15) is 5.10 Å². The first-order chi connectivity index (χ1) is 8.60. The SMILES string of the molecule is CCn1cc(NC(=O)c2cc(N)ccc2F)cn1. The van der Waals surface area contributed by atoms with Crippen molar-refractivity contribution in [2.45, 2.75) is 13.5 Å². The number of aryl methyl sites for hydroxylation is 1. The van der Waals surface area contributed by atoms with Crippen molar-refractivity contribution < 1.29 is 9.18 Å². The fourth-order valence-corrected chi connectivity index (χ4v) is 1.52. The van der Waals surface area contributed by atoms with Crippen LogP contribution in [0.4, 0.5) is 15.8 Å². The fraction of sp³-hybridized carbons (Fsp3) is 0.167. The summed E-state index contributed by atoms with van der Waals surface area (Å²) in [5.41, 5.74) is 6.29. The molecule has 0 bridgehead atoms. The van der Waals surface area contributed by atoms with Gasteiger partial charge < -0.3 is 11.1 Å². The van der Waals surface area contributed by atoms with Gasteiger partial charge in [-0.1, -0.05) is 0 Å². The normalized spacial score (nSPS) is 10.3. The van der Waals surface area contributed by atoms with Crippen molar-refractivity contribution in [2.24, 2.45) is 0 Å². The highest BCUT2D eigenvalue weighted by molar-refractivity contribution is 6.04. The van der Waals surface area contributed by atoms with Gasteiger partial charge in [0.15, 0.2) is 0 Å². The van der Waals surface area contributed by atoms with E-state index in [4.69, 9.17) is 5.73 Å². The highest BCUT2D eigenvalue weighted by Crippen LogP contribution is 2.14. The quantitative estimate of drug-likeness (QED) is 0.814. The summed E-state index contributed by atoms with van der Waals surface area (Å²) in [6.45, 7) is 2.62. The van der Waals surface area contributed by atoms with Gasteiger partial charge in [-0.3, -0.25) is 9.48 Å². The minimum atomic E-state index is -0.607. The molecule has 0 atom stereocenters. The third-order valence-electron chi connectivity index (χ3n) is 2.45. The lowest BCUT2D eigenvalue weighted by Crippen LogP contribution is -2.13. The second-order valence-corrected chi connectivity index (χ2v) is 3.78. The number of rotatable bonds is 3. The maximum absolute atomic E-state index is 13.5. The Balaban J connectivity index is 2.19. The van der Waals surface area contributed by atoms with Gasteiger partial charge in [-0.05, 0) is 25.1 Å². The van der Waals surface area contributed by atoms with Gasteiger partial charge in [0.1, 0.15) is 5.82 Å². The molecule has 0 spiro atoms. The molecule has 1 amide bonds. The van der Waals surface area contributed by atoms with Crippen LogP contribution in [0.3, 0.4) is 0 Å². The Kier molecular flexibility index (Phi) is 3.27. The Labute approximate surface area is 103 Å². The predicted octanol–water partition coefficient (Wildman–Crippen LogP) is 1.88. The Morgan fingerprint density at radius 2 is 2.33 bits per heavy atom. The van der Waals surface area contributed by atoms with Crippen LogP contribution in [0.2, 0.25) is 0 Å². The molecule has 5 nitrogen and oxygen atoms in total. The molecule has 0 aliphatic rings. The number of nitrogen functional groups attached to an aromatic ring is 1. The molecule has 2 aromatic rings. The topological polar surface area (TPSA) is 72.9 Å². The van der Waals surface area contributed by atoms with E-state index < -0.39 is 11.7 Å². The number of aromatic nitrogens is 2. The van der Waals surface area contributed by atoms with Crippen molar-refractivity contribution in [3.63, 3.8) is 0 Å². The number of nitrogens with two attached hydrogens (primary N) is 1. The molecule has 6 heteroatoms. The van der Waals surface area contributed by atoms with Crippen molar-refractivity contribution in [2.75, 3.05) is 11.1 Å². The summed E-state index contributed by atoms with van der Waals surface area (Å²) in [5.74, 6) is -1.15. The Bertz CT molecular complexity index is 579. The highest BCUT2D eigenvalue weighted by Gasteiger charge is 2.12. The lowest BCUT2D eigenvalue weighted by molar-refractivity contribution is 0.102. The third kappa shape index (κ3) is 2.48. The largest absolute Gasteiger partial charge is 0.399 e. The average molecular weight is 248 g/mol. The summed E-state index contributed by atoms with van der Waals surface area (Å²) < 4.78 is 15.1. The molecule has 0 radical (unpaired) electrons. The maximum Gasteiger partial charge on any atom is 0.258 e. The fourth-order valence-electron chi connectivity index (χ4n) is 1.52. The summed E-state index contributed by atoms with van der Waals surface area (Å²) in [5, 5.41) is 6.57. The zero-order valence-electron chi connectivity index (χ0n) is 9.85. The molecular weight excluding hydrogens is 235 g/mol. The molecule has 0 unspecified atom stereocenters. The van der Waals surface area contributed by atoms with Gasteiger partial charge in [-0.15, -0.1) is 0 Å². The molecule has 3 N–H and O–H groups in total. The number of hydrogen-bond acceptors (Lipinski definition) is 3. The van der Waals surface area contributed by atoms with Gasteiger partial charge in [-0.25, -0.2) is 4.39 Å². The number of hydrogen-bond donors (Lipinski definition) is 2. The lowest BCUT2D eigenvalue weighted by atomic mass is 10.1. The van der Waals surface area contributed by atoms with Gasteiger partial charge in [0, 0.05) is 18.4 Å². The molecule has 1 aromatic heterocycles. The van der Waals surface area contributed by atoms with E-state index in [-0.39, 0.29) is 5.56 Å². The van der Waals surface area contributed by atoms with E-state index >= 15 is 0 Å². The number of amides is 1. The number of carbonyl (C=O) groups is 1. The van der Waals surface area contributed by atoms with Crippen LogP contribution in [0.1, 0.15) is 17.3 Å². The highest BCUT2D eigenvalue weighted by atomic mass is 19.1. The van der Waals surface area contributed by atoms with E-state index in [0.717, 1.165) is 0 Å². The van der Waals surface area contributed by atoms with Crippen LogP contribution in [0.25, 0.3) is 0 Å². The first kappa shape index (κ1) is 12.1. The summed E-state index contributed by atoms with van der Waals surface area (Å²) in [4.78, 5) is 11.8. The summed E-state index contributed by atoms with van der Waals surface area (Å²) in [7, 11) is 0. The number of nitrogens with one attached hydrogen (secondary N) is 1. The maximum atomic E-state index is 13.5. The minimum absolute atomic E-state index is 0.0840. The van der Waals surface area contributed by atoms with Crippen LogP contribution in [-0.4, -0.2) is 15.7 Å². The first-order valence-electron chi connectivity index (χ1n) is 5.49. The molecule has 1 aromatic carbocycles. The van der Waals surface area contributed by atoms with Crippen molar-refractivity contribution >= 4 is 17.3 Å². The van der Waals surface area contributed by atoms with Gasteiger partial charge in [0.05, 0.1) is 17.4 Å². The number of nitrogens with zero attached hydrogens (tertiary/aromatic N) is 2. The molecule has 0 saturated heterocycles. The Morgan fingerprint density at radius 3 is 3.00 bits per heavy atom. The second-order valence-electron chi connectivity index (χ2n) is 3.78. The monoisotopic (exact) mass is 248 g/mol. The predicted molar refractivity (Wildman–Crippen MR) is 66.7 cm³/mol. The van der Waals surface area contributed by atoms with Crippen molar-refractivity contribution in [3.8, 4) is 0 Å². The zero-order chi connectivity index (χ0) is 13.1. The first-order valence-corrected chi connectivity index (χ1v) is 5.49. The number of carbonyl (C=O) groups excluding carboxylic acids is 1. The van der Waals surface area contributed by atoms with Crippen LogP contribution < -0.4 is 11.1 Å². The van der Waals surface area contributed by atoms with Crippen LogP contribution in [0.5, 0.6) is 0 Å². The van der Waals surface area contributed by atoms with E-state index in [9.17, 15) is 9.18 Å². The molecule has 18 heavy (non-hydrogen) atoms. The molecular formula is C12H13FN4O. The summed E-state index contributed by atoms with van der Waals surface area (Å²) >= 11 is 0. The van der Waals surface area contributed by atoms with Gasteiger partial charge in [0.25, 0.3) is 5.91 Å². The average Bonchev–Trinajstić information content (AvgIpc) is 2.80. The lowest BCUT2D eigenvalue weighted by Gasteiger charge is -2.04.